The van der Waals surface area contributed by atoms with Crippen molar-refractivity contribution in [1.82, 2.24) is 27.9 Å². The van der Waals surface area contributed by atoms with Crippen molar-refractivity contribution in [1.29, 1.82) is 0 Å². The summed E-state index contributed by atoms with van der Waals surface area (Å²) in [5.74, 6) is -1.88. The van der Waals surface area contributed by atoms with E-state index in [1.807, 2.05) is 0 Å². The van der Waals surface area contributed by atoms with Gasteiger partial charge in [0.25, 0.3) is 0 Å². The molecule has 0 fully saturated rings. The normalized spacial score (nSPS) is 22.0. The van der Waals surface area contributed by atoms with Gasteiger partial charge in [0.05, 0.1) is 37.7 Å². The first-order valence-corrected chi connectivity index (χ1v) is 14.4. The second-order valence-electron chi connectivity index (χ2n) is 12.1. The van der Waals surface area contributed by atoms with Crippen molar-refractivity contribution in [3.05, 3.63) is 114 Å². The Kier molecular flexibility index (Phi) is 5.86. The lowest BCUT2D eigenvalue weighted by molar-refractivity contribution is -0.172. The average Bonchev–Trinajstić information content (AvgIpc) is 3.33. The fourth-order valence-electron chi connectivity index (χ4n) is 7.75. The van der Waals surface area contributed by atoms with Crippen LogP contribution in [0.2, 0.25) is 0 Å². The highest BCUT2D eigenvalue weighted by Crippen LogP contribution is 2.56. The van der Waals surface area contributed by atoms with Crippen LogP contribution in [0, 0.1) is 5.41 Å². The van der Waals surface area contributed by atoms with Crippen LogP contribution in [-0.4, -0.2) is 54.0 Å². The number of rotatable bonds is 4. The molecule has 14 heteroatoms. The van der Waals surface area contributed by atoms with E-state index in [1.165, 1.54) is 14.0 Å². The fraction of sp³-hybridized carbons (Fsp3) is 0.355. The largest absolute Gasteiger partial charge is 0.468 e. The second-order valence-corrected chi connectivity index (χ2v) is 12.1. The number of carbonyl (C=O) groups excluding carboxylic acids is 2. The molecule has 0 amide bonds. The van der Waals surface area contributed by atoms with Crippen LogP contribution in [-0.2, 0) is 36.7 Å². The number of benzene rings is 2. The summed E-state index contributed by atoms with van der Waals surface area (Å²) < 4.78 is 17.3. The summed E-state index contributed by atoms with van der Waals surface area (Å²) in [5, 5.41) is 0. The van der Waals surface area contributed by atoms with Crippen molar-refractivity contribution in [2.24, 2.45) is 5.41 Å². The lowest BCUT2D eigenvalue weighted by Gasteiger charge is -2.50. The van der Waals surface area contributed by atoms with Gasteiger partial charge >= 0.3 is 34.7 Å². The number of para-hydroxylation sites is 2. The maximum Gasteiger partial charge on any atom is 0.352 e. The summed E-state index contributed by atoms with van der Waals surface area (Å²) in [6.45, 7) is 3.22. The molecule has 8 rings (SSSR count). The molecule has 2 aromatic carbocycles. The van der Waals surface area contributed by atoms with E-state index in [0.717, 1.165) is 28.0 Å². The minimum absolute atomic E-state index is 0.0434. The number of esters is 2. The van der Waals surface area contributed by atoms with E-state index >= 15 is 0 Å². The number of carbonyl (C=O) groups is 2. The smallest absolute Gasteiger partial charge is 0.352 e. The van der Waals surface area contributed by atoms with Gasteiger partial charge in [0.15, 0.2) is 5.41 Å². The van der Waals surface area contributed by atoms with Gasteiger partial charge < -0.3 is 9.47 Å². The molecule has 3 aliphatic heterocycles. The first-order chi connectivity index (χ1) is 21.5. The van der Waals surface area contributed by atoms with Crippen molar-refractivity contribution < 1.29 is 19.1 Å². The summed E-state index contributed by atoms with van der Waals surface area (Å²) in [6, 6.07) is 15.4. The Balaban J connectivity index is 1.62. The minimum atomic E-state index is -2.06. The molecule has 14 nitrogen and oxygen atoms in total. The molecule has 1 aliphatic carbocycles. The van der Waals surface area contributed by atoms with E-state index in [2.05, 4.69) is 0 Å². The first-order valence-electron chi connectivity index (χ1n) is 14.4. The van der Waals surface area contributed by atoms with E-state index < -0.39 is 57.2 Å². The standard InChI is InChI=1S/C31H30N6O8/c1-29(2)21-17-22-31(23(38)44-3,24(39)45-4)16-15-30(21,37-28(43)34(26(41)35(22)37)20-13-9-6-10-14-20)18-32-25(40)33(27(42)36(29)32)19-11-7-5-8-12-19/h5-14,17,22H,15-16,18H2,1-4H3. The summed E-state index contributed by atoms with van der Waals surface area (Å²) in [4.78, 5) is 84.2. The third-order valence-electron chi connectivity index (χ3n) is 9.66. The van der Waals surface area contributed by atoms with E-state index in [0.29, 0.717) is 11.3 Å². The molecular formula is C31H30N6O8. The Morgan fingerprint density at radius 2 is 1.22 bits per heavy atom. The number of aromatic nitrogens is 6. The zero-order valence-electron chi connectivity index (χ0n) is 25.0. The highest BCUT2D eigenvalue weighted by molar-refractivity contribution is 6.01. The van der Waals surface area contributed by atoms with Crippen molar-refractivity contribution in [2.75, 3.05) is 14.2 Å². The van der Waals surface area contributed by atoms with Crippen LogP contribution in [0.25, 0.3) is 11.4 Å². The van der Waals surface area contributed by atoms with Gasteiger partial charge in [0.2, 0.25) is 0 Å². The first kappa shape index (κ1) is 28.4. The zero-order chi connectivity index (χ0) is 32.1. The Labute approximate surface area is 254 Å². The van der Waals surface area contributed by atoms with Crippen LogP contribution in [0.1, 0.15) is 32.7 Å². The number of methoxy groups -OCH3 is 2. The van der Waals surface area contributed by atoms with Crippen molar-refractivity contribution >= 4 is 11.9 Å². The Bertz CT molecular complexity index is 2160. The van der Waals surface area contributed by atoms with Crippen LogP contribution < -0.4 is 22.8 Å². The Morgan fingerprint density at radius 1 is 0.711 bits per heavy atom. The molecule has 232 valence electrons. The zero-order valence-corrected chi connectivity index (χ0v) is 25.0. The predicted octanol–water partition coefficient (Wildman–Crippen LogP) is 0.666. The molecular weight excluding hydrogens is 584 g/mol. The van der Waals surface area contributed by atoms with Crippen molar-refractivity contribution in [2.45, 2.75) is 50.4 Å². The molecule has 1 spiro atoms. The maximum atomic E-state index is 14.5. The maximum absolute atomic E-state index is 14.5. The van der Waals surface area contributed by atoms with Crippen LogP contribution in [0.3, 0.4) is 0 Å². The van der Waals surface area contributed by atoms with Gasteiger partial charge in [-0.05, 0) is 56.5 Å². The summed E-state index contributed by atoms with van der Waals surface area (Å²) >= 11 is 0. The molecule has 4 aliphatic rings. The summed E-state index contributed by atoms with van der Waals surface area (Å²) in [5.41, 5.74) is -6.40. The van der Waals surface area contributed by atoms with Crippen molar-refractivity contribution in [3.63, 3.8) is 0 Å². The molecule has 45 heavy (non-hydrogen) atoms. The Morgan fingerprint density at radius 3 is 1.76 bits per heavy atom. The number of allylic oxidation sites excluding steroid dienone is 2. The summed E-state index contributed by atoms with van der Waals surface area (Å²) in [6.07, 6.45) is 1.39. The summed E-state index contributed by atoms with van der Waals surface area (Å²) in [7, 11) is 2.27. The number of nitrogens with zero attached hydrogens (tertiary/aromatic N) is 6. The molecule has 0 N–H and O–H groups in total. The topological polar surface area (TPSA) is 150 Å². The molecule has 4 aromatic rings. The van der Waals surface area contributed by atoms with Crippen molar-refractivity contribution in [3.8, 4) is 11.4 Å². The molecule has 2 atom stereocenters. The van der Waals surface area contributed by atoms with E-state index in [1.54, 1.807) is 80.6 Å². The predicted molar refractivity (Wildman–Crippen MR) is 159 cm³/mol. The van der Waals surface area contributed by atoms with E-state index in [-0.39, 0.29) is 25.1 Å². The highest BCUT2D eigenvalue weighted by Gasteiger charge is 2.66. The minimum Gasteiger partial charge on any atom is -0.468 e. The van der Waals surface area contributed by atoms with Crippen LogP contribution in [0.15, 0.2) is 91.5 Å². The van der Waals surface area contributed by atoms with Gasteiger partial charge in [-0.15, -0.1) is 0 Å². The number of ether oxygens (including phenoxy) is 2. The second kappa shape index (κ2) is 9.30. The fourth-order valence-corrected chi connectivity index (χ4v) is 7.75. The monoisotopic (exact) mass is 614 g/mol. The third-order valence-corrected chi connectivity index (χ3v) is 9.66. The molecule has 0 radical (unpaired) electrons. The van der Waals surface area contributed by atoms with Crippen LogP contribution >= 0.6 is 0 Å². The van der Waals surface area contributed by atoms with Gasteiger partial charge in [-0.1, -0.05) is 42.5 Å². The molecule has 2 unspecified atom stereocenters. The van der Waals surface area contributed by atoms with Gasteiger partial charge in [-0.3, -0.25) is 9.59 Å². The van der Waals surface area contributed by atoms with Crippen LogP contribution in [0.4, 0.5) is 0 Å². The van der Waals surface area contributed by atoms with E-state index in [4.69, 9.17) is 9.47 Å². The van der Waals surface area contributed by atoms with E-state index in [9.17, 15) is 28.8 Å². The van der Waals surface area contributed by atoms with Gasteiger partial charge in [-0.2, -0.15) is 0 Å². The molecule has 2 aromatic heterocycles. The highest BCUT2D eigenvalue weighted by atomic mass is 16.5. The number of hydrogen-bond acceptors (Lipinski definition) is 8. The van der Waals surface area contributed by atoms with Crippen LogP contribution in [0.5, 0.6) is 0 Å². The Hall–Kier alpha value is -5.40. The quantitative estimate of drug-likeness (QED) is 0.185. The molecule has 2 bridgehead atoms. The number of fused-ring (bicyclic) bond motifs is 3. The van der Waals surface area contributed by atoms with Gasteiger partial charge in [0, 0.05) is 0 Å². The van der Waals surface area contributed by atoms with Gasteiger partial charge in [0.1, 0.15) is 11.6 Å². The van der Waals surface area contributed by atoms with Gasteiger partial charge in [-0.25, -0.2) is 47.0 Å². The third kappa shape index (κ3) is 3.33. The average molecular weight is 615 g/mol. The lowest BCUT2D eigenvalue weighted by atomic mass is 9.74. The number of hydrogen-bond donors (Lipinski definition) is 0. The SMILES string of the molecule is COC(=O)C1(C(=O)OC)CCC23Cn4c(=O)n(-c5ccccc5)c(=O)n4C(C)(C)C2=CC1n1c(=O)n(-c2ccccc2)c(=O)n13. The molecule has 0 saturated carbocycles. The lowest BCUT2D eigenvalue weighted by Crippen LogP contribution is -2.62. The molecule has 5 heterocycles. The molecule has 0 saturated heterocycles.